The van der Waals surface area contributed by atoms with E-state index in [-0.39, 0.29) is 42.2 Å². The van der Waals surface area contributed by atoms with Crippen LogP contribution in [0.25, 0.3) is 10.2 Å². The normalized spacial score (nSPS) is 11.7. The molecular formula is C20H20F3N3O3S. The molecule has 2 heterocycles. The zero-order valence-corrected chi connectivity index (χ0v) is 17.4. The minimum Gasteiger partial charge on any atom is -0.405 e. The van der Waals surface area contributed by atoms with Gasteiger partial charge in [-0.25, -0.2) is 4.98 Å². The molecule has 10 heteroatoms. The lowest BCUT2D eigenvalue weighted by atomic mass is 10.1. The summed E-state index contributed by atoms with van der Waals surface area (Å²) < 4.78 is 41.7. The monoisotopic (exact) mass is 439 g/mol. The Labute approximate surface area is 174 Å². The number of H-pyrrole nitrogens is 1. The topological polar surface area (TPSA) is 75.3 Å². The molecule has 0 aliphatic carbocycles. The Balaban J connectivity index is 1.67. The van der Waals surface area contributed by atoms with Crippen molar-refractivity contribution >= 4 is 27.5 Å². The number of amides is 1. The number of aromatic nitrogens is 2. The van der Waals surface area contributed by atoms with Crippen molar-refractivity contribution in [2.45, 2.75) is 39.6 Å². The van der Waals surface area contributed by atoms with Gasteiger partial charge in [-0.1, -0.05) is 18.2 Å². The van der Waals surface area contributed by atoms with Gasteiger partial charge in [0.25, 0.3) is 5.56 Å². The van der Waals surface area contributed by atoms with Crippen LogP contribution in [0.15, 0.2) is 29.1 Å². The predicted octanol–water partition coefficient (Wildman–Crippen LogP) is 4.09. The number of para-hydroxylation sites is 1. The van der Waals surface area contributed by atoms with Crippen LogP contribution in [0.4, 0.5) is 13.2 Å². The maximum Gasteiger partial charge on any atom is 0.573 e. The van der Waals surface area contributed by atoms with Crippen LogP contribution >= 0.6 is 11.3 Å². The molecule has 3 aromatic rings. The molecule has 1 N–H and O–H groups in total. The molecule has 3 rings (SSSR count). The first-order valence-electron chi connectivity index (χ1n) is 9.11. The molecular weight excluding hydrogens is 419 g/mol. The Morgan fingerprint density at radius 3 is 2.67 bits per heavy atom. The summed E-state index contributed by atoms with van der Waals surface area (Å²) >= 11 is 1.42. The van der Waals surface area contributed by atoms with Gasteiger partial charge in [-0.3, -0.25) is 9.59 Å². The summed E-state index contributed by atoms with van der Waals surface area (Å²) in [5, 5.41) is 0.561. The van der Waals surface area contributed by atoms with Crippen molar-refractivity contribution in [2.24, 2.45) is 0 Å². The second kappa shape index (κ2) is 8.47. The zero-order valence-electron chi connectivity index (χ0n) is 16.6. The van der Waals surface area contributed by atoms with E-state index < -0.39 is 6.36 Å². The van der Waals surface area contributed by atoms with Crippen molar-refractivity contribution in [1.82, 2.24) is 14.9 Å². The lowest BCUT2D eigenvalue weighted by molar-refractivity contribution is -0.275. The fraction of sp³-hybridized carbons (Fsp3) is 0.350. The van der Waals surface area contributed by atoms with Crippen molar-refractivity contribution in [3.8, 4) is 5.75 Å². The third-order valence-electron chi connectivity index (χ3n) is 4.70. The Morgan fingerprint density at radius 1 is 1.27 bits per heavy atom. The van der Waals surface area contributed by atoms with Gasteiger partial charge in [-0.2, -0.15) is 0 Å². The van der Waals surface area contributed by atoms with Crippen LogP contribution in [0.1, 0.15) is 28.2 Å². The molecule has 0 aliphatic rings. The third kappa shape index (κ3) is 4.99. The average Bonchev–Trinajstić information content (AvgIpc) is 2.94. The lowest BCUT2D eigenvalue weighted by Gasteiger charge is -2.20. The molecule has 0 saturated carbocycles. The summed E-state index contributed by atoms with van der Waals surface area (Å²) in [6.07, 6.45) is -4.55. The van der Waals surface area contributed by atoms with Crippen LogP contribution in [0.3, 0.4) is 0 Å². The molecule has 1 amide bonds. The second-order valence-electron chi connectivity index (χ2n) is 6.88. The number of hydrogen-bond acceptors (Lipinski definition) is 5. The van der Waals surface area contributed by atoms with Crippen molar-refractivity contribution in [3.05, 3.63) is 56.4 Å². The van der Waals surface area contributed by atoms with Crippen LogP contribution in [-0.4, -0.2) is 34.2 Å². The molecule has 0 atom stereocenters. The number of fused-ring (bicyclic) bond motifs is 1. The van der Waals surface area contributed by atoms with Crippen LogP contribution in [0.2, 0.25) is 0 Å². The fourth-order valence-electron chi connectivity index (χ4n) is 3.04. The number of hydrogen-bond donors (Lipinski definition) is 1. The van der Waals surface area contributed by atoms with Crippen molar-refractivity contribution in [2.75, 3.05) is 7.05 Å². The lowest BCUT2D eigenvalue weighted by Crippen LogP contribution is -2.27. The molecule has 1 aromatic carbocycles. The predicted molar refractivity (Wildman–Crippen MR) is 108 cm³/mol. The Kier molecular flexibility index (Phi) is 6.16. The number of thiophene rings is 1. The maximum absolute atomic E-state index is 12.6. The molecule has 0 spiro atoms. The van der Waals surface area contributed by atoms with Gasteiger partial charge in [0, 0.05) is 36.9 Å². The van der Waals surface area contributed by atoms with Crippen molar-refractivity contribution in [3.63, 3.8) is 0 Å². The highest BCUT2D eigenvalue weighted by Gasteiger charge is 2.32. The molecule has 160 valence electrons. The highest BCUT2D eigenvalue weighted by Crippen LogP contribution is 2.27. The molecule has 6 nitrogen and oxygen atoms in total. The number of rotatable bonds is 6. The van der Waals surface area contributed by atoms with Gasteiger partial charge in [0.2, 0.25) is 5.91 Å². The van der Waals surface area contributed by atoms with Gasteiger partial charge >= 0.3 is 6.36 Å². The van der Waals surface area contributed by atoms with E-state index in [0.717, 1.165) is 10.4 Å². The maximum atomic E-state index is 12.6. The number of carbonyl (C=O) groups excluding carboxylic acids is 1. The molecule has 0 fully saturated rings. The summed E-state index contributed by atoms with van der Waals surface area (Å²) in [6.45, 7) is 3.74. The number of halogens is 3. The SMILES string of the molecule is Cc1sc2nc(CCC(=O)N(C)Cc3ccccc3OC(F)(F)F)[nH]c(=O)c2c1C. The van der Waals surface area contributed by atoms with E-state index in [9.17, 15) is 22.8 Å². The van der Waals surface area contributed by atoms with Crippen molar-refractivity contribution in [1.29, 1.82) is 0 Å². The molecule has 0 unspecified atom stereocenters. The summed E-state index contributed by atoms with van der Waals surface area (Å²) in [7, 11) is 1.50. The van der Waals surface area contributed by atoms with Crippen LogP contribution in [0.5, 0.6) is 5.75 Å². The molecule has 30 heavy (non-hydrogen) atoms. The largest absolute Gasteiger partial charge is 0.573 e. The minimum atomic E-state index is -4.81. The summed E-state index contributed by atoms with van der Waals surface area (Å²) in [5.41, 5.74) is 0.893. The van der Waals surface area contributed by atoms with E-state index in [4.69, 9.17) is 0 Å². The number of aromatic amines is 1. The number of benzene rings is 1. The quantitative estimate of drug-likeness (QED) is 0.628. The van der Waals surface area contributed by atoms with Crippen LogP contribution < -0.4 is 10.3 Å². The van der Waals surface area contributed by atoms with E-state index in [1.54, 1.807) is 6.07 Å². The summed E-state index contributed by atoms with van der Waals surface area (Å²) in [4.78, 5) is 34.9. The number of carbonyl (C=O) groups is 1. The molecule has 0 aliphatic heterocycles. The van der Waals surface area contributed by atoms with Gasteiger partial charge in [0.1, 0.15) is 16.4 Å². The van der Waals surface area contributed by atoms with Gasteiger partial charge < -0.3 is 14.6 Å². The number of alkyl halides is 3. The highest BCUT2D eigenvalue weighted by molar-refractivity contribution is 7.18. The first-order chi connectivity index (χ1) is 14.0. The van der Waals surface area contributed by atoms with E-state index in [1.807, 2.05) is 13.8 Å². The minimum absolute atomic E-state index is 0.0443. The van der Waals surface area contributed by atoms with Crippen LogP contribution in [0, 0.1) is 13.8 Å². The van der Waals surface area contributed by atoms with Gasteiger partial charge in [-0.15, -0.1) is 24.5 Å². The first-order valence-corrected chi connectivity index (χ1v) is 9.93. The van der Waals surface area contributed by atoms with E-state index in [2.05, 4.69) is 14.7 Å². The standard InChI is InChI=1S/C20H20F3N3O3S/c1-11-12(2)30-19-17(11)18(28)24-15(25-19)8-9-16(27)26(3)10-13-6-4-5-7-14(13)29-20(21,22)23/h4-7H,8-10H2,1-3H3,(H,24,25,28). The highest BCUT2D eigenvalue weighted by atomic mass is 32.1. The molecule has 2 aromatic heterocycles. The van der Waals surface area contributed by atoms with Crippen molar-refractivity contribution < 1.29 is 22.7 Å². The van der Waals surface area contributed by atoms with E-state index in [1.165, 1.54) is 41.5 Å². The average molecular weight is 439 g/mol. The smallest absolute Gasteiger partial charge is 0.405 e. The third-order valence-corrected chi connectivity index (χ3v) is 5.80. The first kappa shape index (κ1) is 21.8. The Bertz CT molecular complexity index is 1140. The molecule has 0 saturated heterocycles. The van der Waals surface area contributed by atoms with Gasteiger partial charge in [0.15, 0.2) is 0 Å². The summed E-state index contributed by atoms with van der Waals surface area (Å²) in [6, 6.07) is 5.68. The molecule has 0 bridgehead atoms. The second-order valence-corrected chi connectivity index (χ2v) is 8.08. The number of ether oxygens (including phenoxy) is 1. The Hall–Kier alpha value is -2.88. The van der Waals surface area contributed by atoms with E-state index in [0.29, 0.717) is 16.0 Å². The Morgan fingerprint density at radius 2 is 1.97 bits per heavy atom. The van der Waals surface area contributed by atoms with E-state index >= 15 is 0 Å². The number of nitrogens with zero attached hydrogens (tertiary/aromatic N) is 2. The fourth-order valence-corrected chi connectivity index (χ4v) is 4.09. The molecule has 0 radical (unpaired) electrons. The van der Waals surface area contributed by atoms with Gasteiger partial charge in [-0.05, 0) is 25.5 Å². The van der Waals surface area contributed by atoms with Crippen LogP contribution in [-0.2, 0) is 17.8 Å². The summed E-state index contributed by atoms with van der Waals surface area (Å²) in [5.74, 6) is -0.237. The number of aryl methyl sites for hydroxylation is 3. The zero-order chi connectivity index (χ0) is 22.1. The van der Waals surface area contributed by atoms with Gasteiger partial charge in [0.05, 0.1) is 5.39 Å². The number of nitrogens with one attached hydrogen (secondary N) is 1.